The van der Waals surface area contributed by atoms with Gasteiger partial charge in [-0.3, -0.25) is 13.8 Å². The minimum Gasteiger partial charge on any atom is -0.457 e. The molecule has 0 aliphatic heterocycles. The molecule has 0 saturated carbocycles. The summed E-state index contributed by atoms with van der Waals surface area (Å²) in [6.45, 7) is 5.67. The van der Waals surface area contributed by atoms with Crippen molar-refractivity contribution in [2.45, 2.75) is 232 Å². The second-order valence-electron chi connectivity index (χ2n) is 17.2. The number of carbonyl (C=O) groups is 1. The van der Waals surface area contributed by atoms with Crippen molar-refractivity contribution in [3.63, 3.8) is 0 Å². The molecule has 0 aromatic heterocycles. The number of unbranched alkanes of at least 4 members (excludes halogenated alkanes) is 30. The summed E-state index contributed by atoms with van der Waals surface area (Å²) < 4.78 is 35.0. The van der Waals surface area contributed by atoms with Crippen LogP contribution in [0.3, 0.4) is 0 Å². The molecule has 0 aromatic rings. The largest absolute Gasteiger partial charge is 0.472 e. The van der Waals surface area contributed by atoms with Crippen LogP contribution in [0.2, 0.25) is 0 Å². The Hall–Kier alpha value is -0.500. The summed E-state index contributed by atoms with van der Waals surface area (Å²) in [5.41, 5.74) is 0. The number of quaternary nitrogens is 1. The summed E-state index contributed by atoms with van der Waals surface area (Å²) in [5.74, 6) is -0.309. The predicted molar refractivity (Wildman–Crippen MR) is 229 cm³/mol. The van der Waals surface area contributed by atoms with Gasteiger partial charge in [0.15, 0.2) is 0 Å². The molecule has 2 atom stereocenters. The van der Waals surface area contributed by atoms with Crippen LogP contribution in [-0.4, -0.2) is 75.6 Å². The van der Waals surface area contributed by atoms with Crippen molar-refractivity contribution in [1.82, 2.24) is 0 Å². The van der Waals surface area contributed by atoms with Crippen molar-refractivity contribution in [3.8, 4) is 0 Å². The molecule has 0 aromatic carbocycles. The summed E-state index contributed by atoms with van der Waals surface area (Å²) in [7, 11) is 1.69. The number of hydrogen-bond acceptors (Lipinski definition) is 6. The Bertz CT molecular complexity index is 837. The van der Waals surface area contributed by atoms with Crippen LogP contribution < -0.4 is 0 Å². The first kappa shape index (κ1) is 53.5. The molecule has 0 fully saturated rings. The molecule has 0 aliphatic carbocycles. The third-order valence-corrected chi connectivity index (χ3v) is 11.4. The van der Waals surface area contributed by atoms with E-state index in [1.165, 1.54) is 173 Å². The Balaban J connectivity index is 4.06. The molecule has 0 radical (unpaired) electrons. The number of esters is 1. The highest BCUT2D eigenvalue weighted by Crippen LogP contribution is 2.43. The lowest BCUT2D eigenvalue weighted by Gasteiger charge is -2.24. The zero-order valence-electron chi connectivity index (χ0n) is 36.7. The molecule has 0 amide bonds. The van der Waals surface area contributed by atoms with Crippen LogP contribution in [0, 0.1) is 0 Å². The van der Waals surface area contributed by atoms with E-state index in [4.69, 9.17) is 18.5 Å². The van der Waals surface area contributed by atoms with E-state index in [0.29, 0.717) is 24.1 Å². The average Bonchev–Trinajstić information content (AvgIpc) is 3.12. The Morgan fingerprint density at radius 3 is 1.22 bits per heavy atom. The van der Waals surface area contributed by atoms with Crippen molar-refractivity contribution in [2.75, 3.05) is 54.1 Å². The molecule has 0 heterocycles. The summed E-state index contributed by atoms with van der Waals surface area (Å²) in [4.78, 5) is 22.8. The fraction of sp³-hybridized carbons (Fsp3) is 0.978. The van der Waals surface area contributed by atoms with Gasteiger partial charge in [0.25, 0.3) is 0 Å². The number of likely N-dealkylation sites (N-methyl/N-ethyl adjacent to an activating group) is 1. The second-order valence-corrected chi connectivity index (χ2v) is 18.6. The van der Waals surface area contributed by atoms with Crippen LogP contribution >= 0.6 is 7.82 Å². The zero-order chi connectivity index (χ0) is 39.9. The lowest BCUT2D eigenvalue weighted by molar-refractivity contribution is -0.870. The maximum atomic E-state index is 12.7. The summed E-state index contributed by atoms with van der Waals surface area (Å²) in [6.07, 6.45) is 41.4. The van der Waals surface area contributed by atoms with Gasteiger partial charge in [0, 0.05) is 13.0 Å². The van der Waals surface area contributed by atoms with Gasteiger partial charge >= 0.3 is 13.8 Å². The monoisotopic (exact) mass is 791 g/mol. The number of hydrogen-bond donors (Lipinski definition) is 1. The molecule has 54 heavy (non-hydrogen) atoms. The Labute approximate surface area is 336 Å². The van der Waals surface area contributed by atoms with Gasteiger partial charge in [-0.15, -0.1) is 0 Å². The van der Waals surface area contributed by atoms with Gasteiger partial charge < -0.3 is 18.9 Å². The van der Waals surface area contributed by atoms with Crippen LogP contribution in [0.5, 0.6) is 0 Å². The van der Waals surface area contributed by atoms with Gasteiger partial charge in [-0.05, 0) is 12.8 Å². The summed E-state index contributed by atoms with van der Waals surface area (Å²) >= 11 is 0. The van der Waals surface area contributed by atoms with Crippen LogP contribution in [-0.2, 0) is 27.9 Å². The van der Waals surface area contributed by atoms with Gasteiger partial charge in [-0.1, -0.05) is 206 Å². The summed E-state index contributed by atoms with van der Waals surface area (Å²) in [6, 6.07) is 0. The second kappa shape index (κ2) is 39.3. The van der Waals surface area contributed by atoms with Crippen molar-refractivity contribution in [2.24, 2.45) is 0 Å². The Kier molecular flexibility index (Phi) is 39.0. The normalized spacial score (nSPS) is 13.7. The smallest absolute Gasteiger partial charge is 0.457 e. The van der Waals surface area contributed by atoms with Gasteiger partial charge in [0.2, 0.25) is 0 Å². The predicted octanol–water partition coefficient (Wildman–Crippen LogP) is 13.7. The van der Waals surface area contributed by atoms with Gasteiger partial charge in [-0.2, -0.15) is 0 Å². The Morgan fingerprint density at radius 2 is 0.852 bits per heavy atom. The minimum absolute atomic E-state index is 0.0938. The first-order chi connectivity index (χ1) is 26.1. The minimum atomic E-state index is -4.26. The standard InChI is InChI=1S/C45H92NO7P/c1-6-8-10-12-14-16-18-19-20-21-22-23-24-25-26-27-29-31-33-35-37-40-50-42-44(43-52-54(48,49)51-41-39-46(3,4)5)53-45(47)38-36-34-32-30-28-17-15-13-11-9-7-2/h44H,6-43H2,1-5H3/p+1. The molecule has 2 unspecified atom stereocenters. The van der Waals surface area contributed by atoms with Crippen molar-refractivity contribution in [3.05, 3.63) is 0 Å². The van der Waals surface area contributed by atoms with E-state index in [2.05, 4.69) is 13.8 Å². The van der Waals surface area contributed by atoms with E-state index in [0.717, 1.165) is 32.1 Å². The van der Waals surface area contributed by atoms with Crippen molar-refractivity contribution >= 4 is 13.8 Å². The highest BCUT2D eigenvalue weighted by atomic mass is 31.2. The quantitative estimate of drug-likeness (QED) is 0.0284. The van der Waals surface area contributed by atoms with Crippen LogP contribution in [0.4, 0.5) is 0 Å². The highest BCUT2D eigenvalue weighted by Gasteiger charge is 2.26. The fourth-order valence-corrected chi connectivity index (χ4v) is 7.53. The third kappa shape index (κ3) is 42.6. The highest BCUT2D eigenvalue weighted by molar-refractivity contribution is 7.47. The lowest BCUT2D eigenvalue weighted by atomic mass is 10.0. The van der Waals surface area contributed by atoms with Crippen molar-refractivity contribution in [1.29, 1.82) is 0 Å². The van der Waals surface area contributed by atoms with E-state index >= 15 is 0 Å². The molecule has 0 spiro atoms. The molecule has 0 rings (SSSR count). The van der Waals surface area contributed by atoms with E-state index in [1.54, 1.807) is 0 Å². The molecular weight excluding hydrogens is 697 g/mol. The third-order valence-electron chi connectivity index (χ3n) is 10.4. The van der Waals surface area contributed by atoms with Gasteiger partial charge in [-0.25, -0.2) is 4.57 Å². The number of ether oxygens (including phenoxy) is 2. The number of phosphoric acid groups is 1. The molecule has 0 saturated heterocycles. The van der Waals surface area contributed by atoms with E-state index < -0.39 is 13.9 Å². The molecule has 0 aliphatic rings. The molecule has 1 N–H and O–H groups in total. The summed E-state index contributed by atoms with van der Waals surface area (Å²) in [5, 5.41) is 0. The zero-order valence-corrected chi connectivity index (χ0v) is 37.6. The van der Waals surface area contributed by atoms with E-state index in [-0.39, 0.29) is 25.8 Å². The van der Waals surface area contributed by atoms with Gasteiger partial charge in [0.05, 0.1) is 34.4 Å². The van der Waals surface area contributed by atoms with Crippen LogP contribution in [0.25, 0.3) is 0 Å². The first-order valence-electron chi connectivity index (χ1n) is 23.3. The topological polar surface area (TPSA) is 91.3 Å². The number of carbonyl (C=O) groups excluding carboxylic acids is 1. The lowest BCUT2D eigenvalue weighted by Crippen LogP contribution is -2.37. The van der Waals surface area contributed by atoms with E-state index in [9.17, 15) is 14.3 Å². The first-order valence-corrected chi connectivity index (χ1v) is 24.8. The van der Waals surface area contributed by atoms with E-state index in [1.807, 2.05) is 21.1 Å². The van der Waals surface area contributed by atoms with Crippen LogP contribution in [0.1, 0.15) is 226 Å². The molecule has 0 bridgehead atoms. The Morgan fingerprint density at radius 1 is 0.500 bits per heavy atom. The molecular formula is C45H93NO7P+. The SMILES string of the molecule is CCCCCCCCCCCCCCCCCCCCCCCOCC(COP(=O)(O)OCC[N+](C)(C)C)OC(=O)CCCCCCCCCCCCC. The van der Waals surface area contributed by atoms with Gasteiger partial charge in [0.1, 0.15) is 19.3 Å². The number of phosphoric ester groups is 1. The number of nitrogens with zero attached hydrogens (tertiary/aromatic N) is 1. The molecule has 8 nitrogen and oxygen atoms in total. The average molecular weight is 791 g/mol. The fourth-order valence-electron chi connectivity index (χ4n) is 6.79. The molecule has 9 heteroatoms. The van der Waals surface area contributed by atoms with Crippen molar-refractivity contribution < 1.29 is 37.3 Å². The maximum Gasteiger partial charge on any atom is 0.472 e. The molecule has 324 valence electrons. The maximum absolute atomic E-state index is 12.7. The number of rotatable bonds is 44. The van der Waals surface area contributed by atoms with Crippen LogP contribution in [0.15, 0.2) is 0 Å².